The first-order chi connectivity index (χ1) is 11.7. The molecule has 0 aliphatic carbocycles. The summed E-state index contributed by atoms with van der Waals surface area (Å²) in [5.41, 5.74) is -6.62. The number of ether oxygens (including phenoxy) is 1. The molecule has 1 saturated heterocycles. The molecule has 1 aliphatic rings. The molecule has 148 valence electrons. The molecule has 0 aromatic rings. The van der Waals surface area contributed by atoms with Gasteiger partial charge in [0.2, 0.25) is 5.79 Å². The Kier molecular flexibility index (Phi) is 5.95. The molecule has 0 saturated carbocycles. The quantitative estimate of drug-likeness (QED) is 0.196. The fraction of sp³-hybridized carbons (Fsp3) is 0.692. The maximum Gasteiger partial charge on any atom is 0.308 e. The van der Waals surface area contributed by atoms with Gasteiger partial charge in [0.25, 0.3) is 0 Å². The van der Waals surface area contributed by atoms with Gasteiger partial charge in [-0.3, -0.25) is 19.2 Å². The lowest BCUT2D eigenvalue weighted by atomic mass is 9.70. The van der Waals surface area contributed by atoms with E-state index in [1.807, 2.05) is 0 Å². The molecule has 0 aromatic carbocycles. The molecule has 8 N–H and O–H groups in total. The van der Waals surface area contributed by atoms with Gasteiger partial charge in [-0.15, -0.1) is 0 Å². The molecule has 0 bridgehead atoms. The summed E-state index contributed by atoms with van der Waals surface area (Å²) in [4.78, 5) is 43.9. The molecular weight excluding hydrogens is 364 g/mol. The number of hydrogen-bond donors (Lipinski definition) is 8. The van der Waals surface area contributed by atoms with Crippen LogP contribution in [0.4, 0.5) is 0 Å². The molecule has 5 atom stereocenters. The molecule has 1 aliphatic heterocycles. The zero-order valence-electron chi connectivity index (χ0n) is 13.1. The number of hydrogen-bond acceptors (Lipinski definition) is 9. The molecule has 1 rings (SSSR count). The smallest absolute Gasteiger partial charge is 0.308 e. The molecule has 13 heteroatoms. The van der Waals surface area contributed by atoms with E-state index in [0.29, 0.717) is 0 Å². The van der Waals surface area contributed by atoms with E-state index >= 15 is 0 Å². The van der Waals surface area contributed by atoms with Gasteiger partial charge in [0.05, 0.1) is 25.4 Å². The molecular formula is C13H18O13. The lowest BCUT2D eigenvalue weighted by Gasteiger charge is -2.42. The van der Waals surface area contributed by atoms with E-state index in [1.54, 1.807) is 0 Å². The van der Waals surface area contributed by atoms with Crippen LogP contribution in [0.2, 0.25) is 0 Å². The normalized spacial score (nSPS) is 35.0. The van der Waals surface area contributed by atoms with Gasteiger partial charge in [-0.05, 0) is 0 Å². The van der Waals surface area contributed by atoms with Gasteiger partial charge in [-0.1, -0.05) is 0 Å². The van der Waals surface area contributed by atoms with Crippen molar-refractivity contribution in [3.05, 3.63) is 0 Å². The SMILES string of the molecule is O=C(O)CC(O)[C@@H]1O[C@@](O)(CC(=O)O)[C@](O)(CC(=O)O)[C@]1(O)CC(=O)O. The topological polar surface area (TPSA) is 239 Å². The van der Waals surface area contributed by atoms with Gasteiger partial charge in [0.15, 0.2) is 5.60 Å². The van der Waals surface area contributed by atoms with E-state index < -0.39 is 78.8 Å². The average Bonchev–Trinajstić information content (AvgIpc) is 2.54. The van der Waals surface area contributed by atoms with Crippen LogP contribution in [0.15, 0.2) is 0 Å². The predicted octanol–water partition coefficient (Wildman–Crippen LogP) is -3.20. The van der Waals surface area contributed by atoms with Crippen LogP contribution >= 0.6 is 0 Å². The highest BCUT2D eigenvalue weighted by Gasteiger charge is 2.75. The van der Waals surface area contributed by atoms with Gasteiger partial charge in [-0.2, -0.15) is 0 Å². The Balaban J connectivity index is 3.57. The molecule has 0 spiro atoms. The second-order valence-electron chi connectivity index (χ2n) is 5.98. The van der Waals surface area contributed by atoms with Crippen molar-refractivity contribution in [2.75, 3.05) is 0 Å². The molecule has 0 aromatic heterocycles. The molecule has 1 unspecified atom stereocenters. The highest BCUT2D eigenvalue weighted by molar-refractivity contribution is 5.74. The predicted molar refractivity (Wildman–Crippen MR) is 74.7 cm³/mol. The first-order valence-electron chi connectivity index (χ1n) is 7.08. The maximum absolute atomic E-state index is 11.1. The summed E-state index contributed by atoms with van der Waals surface area (Å²) in [5.74, 6) is -10.5. The molecule has 0 radical (unpaired) electrons. The average molecular weight is 382 g/mol. The minimum absolute atomic E-state index is 1.14. The molecule has 26 heavy (non-hydrogen) atoms. The minimum atomic E-state index is -3.40. The standard InChI is InChI=1S/C13H18O13/c14-5(1-6(15)16)10-11(23,2-7(17)18)12(24,3-8(19)20)13(25,26-10)4-9(21)22/h5,10,14,23-25H,1-4H2,(H,15,16)(H,17,18)(H,19,20)(H,21,22)/t5?,10-,11-,12-,13-/m0/s1. The number of carboxylic acids is 4. The molecule has 0 amide bonds. The largest absolute Gasteiger partial charge is 0.481 e. The van der Waals surface area contributed by atoms with E-state index in [0.717, 1.165) is 0 Å². The van der Waals surface area contributed by atoms with Crippen molar-refractivity contribution in [1.29, 1.82) is 0 Å². The number of rotatable bonds is 9. The zero-order valence-corrected chi connectivity index (χ0v) is 13.1. The van der Waals surface area contributed by atoms with Crippen molar-refractivity contribution < 1.29 is 64.8 Å². The van der Waals surface area contributed by atoms with Crippen molar-refractivity contribution in [2.45, 2.75) is 54.9 Å². The van der Waals surface area contributed by atoms with E-state index in [2.05, 4.69) is 0 Å². The fourth-order valence-corrected chi connectivity index (χ4v) is 3.04. The third-order valence-corrected chi connectivity index (χ3v) is 4.11. The van der Waals surface area contributed by atoms with Crippen LogP contribution in [-0.4, -0.2) is 93.9 Å². The summed E-state index contributed by atoms with van der Waals surface area (Å²) in [7, 11) is 0. The fourth-order valence-electron chi connectivity index (χ4n) is 3.04. The summed E-state index contributed by atoms with van der Waals surface area (Å²) in [6.45, 7) is 0. The van der Waals surface area contributed by atoms with Crippen LogP contribution in [0.1, 0.15) is 25.7 Å². The minimum Gasteiger partial charge on any atom is -0.481 e. The lowest BCUT2D eigenvalue weighted by Crippen LogP contribution is -2.66. The van der Waals surface area contributed by atoms with Gasteiger partial charge in [-0.25, -0.2) is 0 Å². The van der Waals surface area contributed by atoms with E-state index in [-0.39, 0.29) is 0 Å². The highest BCUT2D eigenvalue weighted by Crippen LogP contribution is 2.52. The number of carbonyl (C=O) groups is 4. The number of aliphatic hydroxyl groups is 4. The van der Waals surface area contributed by atoms with Crippen molar-refractivity contribution >= 4 is 23.9 Å². The zero-order chi connectivity index (χ0) is 20.5. The summed E-state index contributed by atoms with van der Waals surface area (Å²) < 4.78 is 4.79. The Bertz CT molecular complexity index is 617. The molecule has 1 heterocycles. The van der Waals surface area contributed by atoms with E-state index in [1.165, 1.54) is 0 Å². The number of aliphatic carboxylic acids is 4. The second-order valence-corrected chi connectivity index (χ2v) is 5.98. The van der Waals surface area contributed by atoms with Crippen LogP contribution in [0.5, 0.6) is 0 Å². The summed E-state index contributed by atoms with van der Waals surface area (Å²) >= 11 is 0. The molecule has 1 fully saturated rings. The Hall–Kier alpha value is -2.32. The Labute approximate surface area is 144 Å². The number of aliphatic hydroxyl groups excluding tert-OH is 1. The van der Waals surface area contributed by atoms with Gasteiger partial charge < -0.3 is 45.6 Å². The summed E-state index contributed by atoms with van der Waals surface area (Å²) in [6.07, 6.45) is -10.2. The van der Waals surface area contributed by atoms with Crippen molar-refractivity contribution in [2.24, 2.45) is 0 Å². The Morgan fingerprint density at radius 2 is 1.27 bits per heavy atom. The van der Waals surface area contributed by atoms with Gasteiger partial charge >= 0.3 is 23.9 Å². The van der Waals surface area contributed by atoms with Gasteiger partial charge in [0.1, 0.15) is 18.1 Å². The van der Waals surface area contributed by atoms with Crippen LogP contribution in [0.25, 0.3) is 0 Å². The van der Waals surface area contributed by atoms with Crippen LogP contribution < -0.4 is 0 Å². The first kappa shape index (κ1) is 21.7. The lowest BCUT2D eigenvalue weighted by molar-refractivity contribution is -0.280. The van der Waals surface area contributed by atoms with E-state index in [4.69, 9.17) is 25.2 Å². The Morgan fingerprint density at radius 3 is 1.65 bits per heavy atom. The number of carboxylic acid groups (broad SMARTS) is 4. The maximum atomic E-state index is 11.1. The van der Waals surface area contributed by atoms with Crippen molar-refractivity contribution in [3.63, 3.8) is 0 Å². The third-order valence-electron chi connectivity index (χ3n) is 4.11. The van der Waals surface area contributed by atoms with Crippen molar-refractivity contribution in [3.8, 4) is 0 Å². The van der Waals surface area contributed by atoms with Crippen LogP contribution in [0.3, 0.4) is 0 Å². The van der Waals surface area contributed by atoms with Crippen LogP contribution in [0, 0.1) is 0 Å². The van der Waals surface area contributed by atoms with Crippen molar-refractivity contribution in [1.82, 2.24) is 0 Å². The highest BCUT2D eigenvalue weighted by atomic mass is 16.7. The third kappa shape index (κ3) is 3.76. The second kappa shape index (κ2) is 7.13. The summed E-state index contributed by atoms with van der Waals surface area (Å²) in [5, 5.41) is 77.2. The molecule has 13 nitrogen and oxygen atoms in total. The summed E-state index contributed by atoms with van der Waals surface area (Å²) in [6, 6.07) is 0. The van der Waals surface area contributed by atoms with Crippen LogP contribution in [-0.2, 0) is 23.9 Å². The van der Waals surface area contributed by atoms with E-state index in [9.17, 15) is 39.6 Å². The monoisotopic (exact) mass is 382 g/mol. The Morgan fingerprint density at radius 1 is 0.808 bits per heavy atom. The van der Waals surface area contributed by atoms with Gasteiger partial charge in [0, 0.05) is 0 Å². The first-order valence-corrected chi connectivity index (χ1v) is 7.08.